The van der Waals surface area contributed by atoms with Crippen molar-refractivity contribution in [2.24, 2.45) is 0 Å². The monoisotopic (exact) mass is 393 g/mol. The van der Waals surface area contributed by atoms with Gasteiger partial charge in [-0.15, -0.1) is 11.3 Å². The fourth-order valence-corrected chi connectivity index (χ4v) is 3.89. The highest BCUT2D eigenvalue weighted by molar-refractivity contribution is 7.13. The number of ether oxygens (including phenoxy) is 1. The number of aromatic nitrogens is 1. The molecule has 0 unspecified atom stereocenters. The van der Waals surface area contributed by atoms with Gasteiger partial charge in [-0.3, -0.25) is 4.79 Å². The van der Waals surface area contributed by atoms with Crippen molar-refractivity contribution in [1.82, 2.24) is 9.88 Å². The molecule has 0 N–H and O–H groups in total. The third-order valence-corrected chi connectivity index (χ3v) is 5.51. The van der Waals surface area contributed by atoms with Gasteiger partial charge in [-0.1, -0.05) is 17.7 Å². The van der Waals surface area contributed by atoms with E-state index in [1.54, 1.807) is 11.8 Å². The molecule has 3 rings (SSSR count). The number of thiazole rings is 1. The Kier molecular flexibility index (Phi) is 5.78. The molecule has 1 amide bonds. The van der Waals surface area contributed by atoms with E-state index >= 15 is 0 Å². The summed E-state index contributed by atoms with van der Waals surface area (Å²) >= 11 is 7.31. The van der Waals surface area contributed by atoms with Crippen molar-refractivity contribution < 1.29 is 14.3 Å². The standard InChI is InChI=1S/C18H20ClN3O3S/c1-12-17(26-13(2)20-12)18(24)25-11-16(23)22-8-6-21(7-9-22)15-5-3-4-14(19)10-15/h3-5,10H,6-9,11H2,1-2H3. The predicted molar refractivity (Wildman–Crippen MR) is 102 cm³/mol. The van der Waals surface area contributed by atoms with Crippen LogP contribution in [0.1, 0.15) is 20.4 Å². The van der Waals surface area contributed by atoms with Crippen LogP contribution in [0.15, 0.2) is 24.3 Å². The normalized spacial score (nSPS) is 14.4. The van der Waals surface area contributed by atoms with Gasteiger partial charge in [-0.25, -0.2) is 9.78 Å². The molecule has 1 aromatic heterocycles. The van der Waals surface area contributed by atoms with Gasteiger partial charge in [0.1, 0.15) is 4.88 Å². The molecule has 0 saturated carbocycles. The average molecular weight is 394 g/mol. The Bertz CT molecular complexity index is 816. The topological polar surface area (TPSA) is 62.7 Å². The maximum Gasteiger partial charge on any atom is 0.350 e. The third-order valence-electron chi connectivity index (χ3n) is 4.22. The number of benzene rings is 1. The summed E-state index contributed by atoms with van der Waals surface area (Å²) in [6.07, 6.45) is 0. The smallest absolute Gasteiger partial charge is 0.350 e. The molecule has 0 spiro atoms. The predicted octanol–water partition coefficient (Wildman–Crippen LogP) is 2.92. The Hall–Kier alpha value is -2.12. The maximum absolute atomic E-state index is 12.3. The van der Waals surface area contributed by atoms with E-state index < -0.39 is 5.97 Å². The molecule has 0 atom stereocenters. The van der Waals surface area contributed by atoms with Gasteiger partial charge in [-0.05, 0) is 32.0 Å². The number of halogens is 1. The van der Waals surface area contributed by atoms with Crippen LogP contribution in [-0.2, 0) is 9.53 Å². The minimum atomic E-state index is -0.487. The molecule has 2 heterocycles. The van der Waals surface area contributed by atoms with Crippen LogP contribution in [0.25, 0.3) is 0 Å². The van der Waals surface area contributed by atoms with Gasteiger partial charge in [0, 0.05) is 36.9 Å². The molecular formula is C18H20ClN3O3S. The second kappa shape index (κ2) is 8.05. The van der Waals surface area contributed by atoms with Gasteiger partial charge >= 0.3 is 5.97 Å². The highest BCUT2D eigenvalue weighted by Crippen LogP contribution is 2.21. The number of anilines is 1. The first-order valence-corrected chi connectivity index (χ1v) is 9.53. The summed E-state index contributed by atoms with van der Waals surface area (Å²) in [4.78, 5) is 33.0. The number of carbonyl (C=O) groups is 2. The van der Waals surface area contributed by atoms with Crippen molar-refractivity contribution in [3.63, 3.8) is 0 Å². The molecule has 6 nitrogen and oxygen atoms in total. The van der Waals surface area contributed by atoms with Crippen LogP contribution in [0.4, 0.5) is 5.69 Å². The number of aryl methyl sites for hydroxylation is 2. The van der Waals surface area contributed by atoms with Crippen LogP contribution in [0.2, 0.25) is 5.02 Å². The molecule has 0 aliphatic carbocycles. The minimum Gasteiger partial charge on any atom is -0.451 e. The van der Waals surface area contributed by atoms with Crippen LogP contribution < -0.4 is 4.90 Å². The van der Waals surface area contributed by atoms with Gasteiger partial charge in [0.25, 0.3) is 5.91 Å². The van der Waals surface area contributed by atoms with Crippen LogP contribution in [0, 0.1) is 13.8 Å². The Balaban J connectivity index is 1.49. The van der Waals surface area contributed by atoms with Gasteiger partial charge in [0.2, 0.25) is 0 Å². The average Bonchev–Trinajstić information content (AvgIpc) is 2.98. The Morgan fingerprint density at radius 3 is 2.58 bits per heavy atom. The fourth-order valence-electron chi connectivity index (χ4n) is 2.89. The van der Waals surface area contributed by atoms with Crippen LogP contribution in [0.3, 0.4) is 0 Å². The molecule has 1 fully saturated rings. The number of piperazine rings is 1. The first-order valence-electron chi connectivity index (χ1n) is 8.33. The number of hydrogen-bond acceptors (Lipinski definition) is 6. The summed E-state index contributed by atoms with van der Waals surface area (Å²) in [5.74, 6) is -0.665. The zero-order valence-corrected chi connectivity index (χ0v) is 16.3. The van der Waals surface area contributed by atoms with E-state index in [0.717, 1.165) is 10.7 Å². The molecule has 2 aromatic rings. The molecule has 1 saturated heterocycles. The molecule has 0 bridgehead atoms. The first-order chi connectivity index (χ1) is 12.4. The van der Waals surface area contributed by atoms with E-state index in [2.05, 4.69) is 9.88 Å². The number of nitrogens with zero attached hydrogens (tertiary/aromatic N) is 3. The van der Waals surface area contributed by atoms with Crippen molar-refractivity contribution in [2.45, 2.75) is 13.8 Å². The lowest BCUT2D eigenvalue weighted by Gasteiger charge is -2.36. The minimum absolute atomic E-state index is 0.178. The summed E-state index contributed by atoms with van der Waals surface area (Å²) in [5.41, 5.74) is 1.69. The van der Waals surface area contributed by atoms with Gasteiger partial charge in [0.15, 0.2) is 6.61 Å². The van der Waals surface area contributed by atoms with Gasteiger partial charge in [-0.2, -0.15) is 0 Å². The van der Waals surface area contributed by atoms with Crippen molar-refractivity contribution in [3.05, 3.63) is 44.9 Å². The van der Waals surface area contributed by atoms with E-state index in [9.17, 15) is 9.59 Å². The van der Waals surface area contributed by atoms with Crippen LogP contribution >= 0.6 is 22.9 Å². The zero-order chi connectivity index (χ0) is 18.7. The SMILES string of the molecule is Cc1nc(C)c(C(=O)OCC(=O)N2CCN(c3cccc(Cl)c3)CC2)s1. The van der Waals surface area contributed by atoms with E-state index in [0.29, 0.717) is 41.8 Å². The lowest BCUT2D eigenvalue weighted by molar-refractivity contribution is -0.134. The zero-order valence-electron chi connectivity index (χ0n) is 14.7. The second-order valence-corrected chi connectivity index (χ2v) is 7.71. The van der Waals surface area contributed by atoms with E-state index in [1.165, 1.54) is 11.3 Å². The molecule has 1 aliphatic rings. The maximum atomic E-state index is 12.3. The summed E-state index contributed by atoms with van der Waals surface area (Å²) in [5, 5.41) is 1.50. The molecule has 8 heteroatoms. The Morgan fingerprint density at radius 1 is 1.23 bits per heavy atom. The van der Waals surface area contributed by atoms with Crippen molar-refractivity contribution in [3.8, 4) is 0 Å². The molecular weight excluding hydrogens is 374 g/mol. The van der Waals surface area contributed by atoms with Crippen molar-refractivity contribution in [2.75, 3.05) is 37.7 Å². The largest absolute Gasteiger partial charge is 0.451 e. The number of carbonyl (C=O) groups excluding carboxylic acids is 2. The summed E-state index contributed by atoms with van der Waals surface area (Å²) < 4.78 is 5.17. The molecule has 0 radical (unpaired) electrons. The molecule has 138 valence electrons. The number of esters is 1. The van der Waals surface area contributed by atoms with Crippen LogP contribution in [-0.4, -0.2) is 54.5 Å². The number of hydrogen-bond donors (Lipinski definition) is 0. The third kappa shape index (κ3) is 4.34. The van der Waals surface area contributed by atoms with Gasteiger partial charge < -0.3 is 14.5 Å². The molecule has 1 aromatic carbocycles. The Morgan fingerprint density at radius 2 is 1.96 bits per heavy atom. The molecule has 26 heavy (non-hydrogen) atoms. The summed E-state index contributed by atoms with van der Waals surface area (Å²) in [7, 11) is 0. The second-order valence-electron chi connectivity index (χ2n) is 6.07. The fraction of sp³-hybridized carbons (Fsp3) is 0.389. The van der Waals surface area contributed by atoms with Gasteiger partial charge in [0.05, 0.1) is 10.7 Å². The van der Waals surface area contributed by atoms with E-state index in [1.807, 2.05) is 31.2 Å². The quantitative estimate of drug-likeness (QED) is 0.747. The van der Waals surface area contributed by atoms with E-state index in [4.69, 9.17) is 16.3 Å². The summed E-state index contributed by atoms with van der Waals surface area (Å²) in [6, 6.07) is 7.67. The molecule has 1 aliphatic heterocycles. The highest BCUT2D eigenvalue weighted by atomic mass is 35.5. The first kappa shape index (κ1) is 18.7. The number of rotatable bonds is 4. The van der Waals surface area contributed by atoms with Crippen molar-refractivity contribution in [1.29, 1.82) is 0 Å². The van der Waals surface area contributed by atoms with E-state index in [-0.39, 0.29) is 12.5 Å². The lowest BCUT2D eigenvalue weighted by Crippen LogP contribution is -2.49. The summed E-state index contributed by atoms with van der Waals surface area (Å²) in [6.45, 7) is 5.95. The van der Waals surface area contributed by atoms with Crippen molar-refractivity contribution >= 4 is 40.5 Å². The Labute approximate surface area is 161 Å². The highest BCUT2D eigenvalue weighted by Gasteiger charge is 2.23. The van der Waals surface area contributed by atoms with Crippen LogP contribution in [0.5, 0.6) is 0 Å². The lowest BCUT2D eigenvalue weighted by atomic mass is 10.2. The number of amides is 1.